The fourth-order valence-electron chi connectivity index (χ4n) is 2.09. The number of imide groups is 1. The molecule has 0 aliphatic heterocycles. The highest BCUT2D eigenvalue weighted by atomic mass is 16.6. The summed E-state index contributed by atoms with van der Waals surface area (Å²) in [5.74, 6) is -0.841. The van der Waals surface area contributed by atoms with Crippen LogP contribution in [0.5, 0.6) is 0 Å². The van der Waals surface area contributed by atoms with Gasteiger partial charge in [0.2, 0.25) is 0 Å². The fourth-order valence-corrected chi connectivity index (χ4v) is 2.09. The van der Waals surface area contributed by atoms with Crippen LogP contribution in [0.4, 0.5) is 15.4 Å². The topological polar surface area (TPSA) is 100.0 Å². The minimum absolute atomic E-state index is 0.0691. The lowest BCUT2D eigenvalue weighted by molar-refractivity contribution is 0.0426. The van der Waals surface area contributed by atoms with Gasteiger partial charge in [0.1, 0.15) is 16.8 Å². The summed E-state index contributed by atoms with van der Waals surface area (Å²) in [6, 6.07) is 0. The fraction of sp³-hybridized carbons (Fsp3) is 0.579. The zero-order valence-corrected chi connectivity index (χ0v) is 17.6. The van der Waals surface area contributed by atoms with Gasteiger partial charge < -0.3 is 14.2 Å². The Balaban J connectivity index is 3.56. The van der Waals surface area contributed by atoms with E-state index in [0.717, 1.165) is 0 Å². The molecule has 0 saturated carbocycles. The number of anilines is 1. The molecule has 0 bridgehead atoms. The van der Waals surface area contributed by atoms with Crippen LogP contribution in [0.25, 0.3) is 0 Å². The Morgan fingerprint density at radius 1 is 1.11 bits per heavy atom. The summed E-state index contributed by atoms with van der Waals surface area (Å²) < 4.78 is 17.0. The van der Waals surface area contributed by atoms with Crippen molar-refractivity contribution in [1.29, 1.82) is 0 Å². The molecule has 1 aromatic rings. The van der Waals surface area contributed by atoms with E-state index in [-0.39, 0.29) is 24.5 Å². The molecule has 0 atom stereocenters. The first-order valence-electron chi connectivity index (χ1n) is 8.90. The Morgan fingerprint density at radius 3 is 2.00 bits per heavy atom. The molecular formula is C19H29N3O6. The van der Waals surface area contributed by atoms with Crippen LogP contribution in [0, 0.1) is 0 Å². The predicted molar refractivity (Wildman–Crippen MR) is 103 cm³/mol. The van der Waals surface area contributed by atoms with Gasteiger partial charge in [-0.05, 0) is 48.5 Å². The first kappa shape index (κ1) is 23.2. The second kappa shape index (κ2) is 8.90. The van der Waals surface area contributed by atoms with Crippen molar-refractivity contribution in [1.82, 2.24) is 9.78 Å². The van der Waals surface area contributed by atoms with E-state index in [1.807, 2.05) is 0 Å². The van der Waals surface area contributed by atoms with Crippen molar-refractivity contribution in [2.75, 3.05) is 11.5 Å². The van der Waals surface area contributed by atoms with E-state index in [1.165, 1.54) is 17.0 Å². The molecule has 28 heavy (non-hydrogen) atoms. The van der Waals surface area contributed by atoms with E-state index in [9.17, 15) is 14.4 Å². The third-order valence-electron chi connectivity index (χ3n) is 2.97. The molecule has 0 saturated heterocycles. The number of carbonyl (C=O) groups is 3. The van der Waals surface area contributed by atoms with Gasteiger partial charge in [-0.1, -0.05) is 6.08 Å². The monoisotopic (exact) mass is 395 g/mol. The molecule has 0 aromatic carbocycles. The van der Waals surface area contributed by atoms with E-state index < -0.39 is 29.4 Å². The first-order chi connectivity index (χ1) is 12.8. The largest absolute Gasteiger partial charge is 0.462 e. The normalized spacial score (nSPS) is 11.5. The zero-order chi connectivity index (χ0) is 21.7. The maximum absolute atomic E-state index is 12.9. The molecule has 1 rings (SSSR count). The van der Waals surface area contributed by atoms with E-state index in [1.54, 1.807) is 48.5 Å². The van der Waals surface area contributed by atoms with Gasteiger partial charge in [-0.2, -0.15) is 10.00 Å². The molecule has 0 aliphatic rings. The Bertz CT molecular complexity index is 712. The number of ether oxygens (including phenoxy) is 3. The third kappa shape index (κ3) is 6.40. The molecule has 0 aliphatic carbocycles. The highest BCUT2D eigenvalue weighted by Gasteiger charge is 2.38. The van der Waals surface area contributed by atoms with E-state index in [4.69, 9.17) is 14.2 Å². The van der Waals surface area contributed by atoms with Crippen molar-refractivity contribution in [3.05, 3.63) is 24.4 Å². The summed E-state index contributed by atoms with van der Waals surface area (Å²) in [4.78, 5) is 38.7. The van der Waals surface area contributed by atoms with Gasteiger partial charge in [-0.25, -0.2) is 19.1 Å². The van der Waals surface area contributed by atoms with Crippen LogP contribution in [0.1, 0.15) is 58.8 Å². The van der Waals surface area contributed by atoms with Crippen molar-refractivity contribution in [3.63, 3.8) is 0 Å². The highest BCUT2D eigenvalue weighted by Crippen LogP contribution is 2.26. The molecular weight excluding hydrogens is 366 g/mol. The Morgan fingerprint density at radius 2 is 1.61 bits per heavy atom. The van der Waals surface area contributed by atoms with Gasteiger partial charge in [-0.15, -0.1) is 6.58 Å². The lowest BCUT2D eigenvalue weighted by atomic mass is 10.2. The van der Waals surface area contributed by atoms with Gasteiger partial charge in [0.15, 0.2) is 5.82 Å². The Kier molecular flexibility index (Phi) is 7.37. The van der Waals surface area contributed by atoms with Crippen LogP contribution < -0.4 is 4.90 Å². The van der Waals surface area contributed by atoms with Crippen molar-refractivity contribution in [2.45, 2.75) is 66.2 Å². The summed E-state index contributed by atoms with van der Waals surface area (Å²) in [5, 5.41) is 4.08. The summed E-state index contributed by atoms with van der Waals surface area (Å²) in [6.45, 7) is 15.5. The second-order valence-corrected chi connectivity index (χ2v) is 7.87. The van der Waals surface area contributed by atoms with Gasteiger partial charge in [-0.3, -0.25) is 0 Å². The number of amides is 2. The number of esters is 1. The van der Waals surface area contributed by atoms with Gasteiger partial charge in [0, 0.05) is 0 Å². The van der Waals surface area contributed by atoms with E-state index >= 15 is 0 Å². The highest BCUT2D eigenvalue weighted by molar-refractivity contribution is 6.12. The minimum Gasteiger partial charge on any atom is -0.462 e. The molecule has 9 nitrogen and oxygen atoms in total. The third-order valence-corrected chi connectivity index (χ3v) is 2.97. The summed E-state index contributed by atoms with van der Waals surface area (Å²) in [6.07, 6.45) is 0.725. The predicted octanol–water partition coefficient (Wildman–Crippen LogP) is 3.92. The number of rotatable bonds is 5. The summed E-state index contributed by atoms with van der Waals surface area (Å²) >= 11 is 0. The first-order valence-corrected chi connectivity index (χ1v) is 8.90. The van der Waals surface area contributed by atoms with Crippen molar-refractivity contribution in [3.8, 4) is 0 Å². The molecule has 0 spiro atoms. The quantitative estimate of drug-likeness (QED) is 0.423. The van der Waals surface area contributed by atoms with Crippen molar-refractivity contribution >= 4 is 24.0 Å². The molecule has 2 amide bonds. The van der Waals surface area contributed by atoms with E-state index in [0.29, 0.717) is 4.90 Å². The van der Waals surface area contributed by atoms with E-state index in [2.05, 4.69) is 11.7 Å². The maximum Gasteiger partial charge on any atom is 0.425 e. The average Bonchev–Trinajstić information content (AvgIpc) is 2.88. The Hall–Kier alpha value is -2.84. The number of carbonyl (C=O) groups excluding carboxylic acids is 3. The van der Waals surface area contributed by atoms with Crippen molar-refractivity contribution < 1.29 is 28.6 Å². The van der Waals surface area contributed by atoms with Crippen LogP contribution in [-0.2, 0) is 20.8 Å². The van der Waals surface area contributed by atoms with Gasteiger partial charge in [0.05, 0.1) is 19.3 Å². The molecule has 1 aromatic heterocycles. The number of nitrogens with zero attached hydrogens (tertiary/aromatic N) is 3. The lowest BCUT2D eigenvalue weighted by Crippen LogP contribution is -2.45. The SMILES string of the molecule is C=CCn1ncc(C(=O)OCC)c1N(C(=O)OC(C)(C)C)C(=O)OC(C)(C)C. The number of hydrogen-bond donors (Lipinski definition) is 0. The van der Waals surface area contributed by atoms with Gasteiger partial charge in [0.25, 0.3) is 0 Å². The van der Waals surface area contributed by atoms with Gasteiger partial charge >= 0.3 is 18.2 Å². The molecule has 156 valence electrons. The average molecular weight is 395 g/mol. The molecule has 0 N–H and O–H groups in total. The zero-order valence-electron chi connectivity index (χ0n) is 17.6. The molecule has 0 radical (unpaired) electrons. The smallest absolute Gasteiger partial charge is 0.425 e. The van der Waals surface area contributed by atoms with Crippen LogP contribution >= 0.6 is 0 Å². The second-order valence-electron chi connectivity index (χ2n) is 7.87. The van der Waals surface area contributed by atoms with Crippen LogP contribution in [0.15, 0.2) is 18.9 Å². The lowest BCUT2D eigenvalue weighted by Gasteiger charge is -2.29. The maximum atomic E-state index is 12.9. The number of hydrogen-bond acceptors (Lipinski definition) is 7. The van der Waals surface area contributed by atoms with Crippen LogP contribution in [0.2, 0.25) is 0 Å². The minimum atomic E-state index is -1.00. The summed E-state index contributed by atoms with van der Waals surface area (Å²) in [5.41, 5.74) is -1.84. The number of aromatic nitrogens is 2. The standard InChI is InChI=1S/C19H29N3O6/c1-9-11-21-14(13(12-20-21)15(23)26-10-2)22(16(24)27-18(3,4)5)17(25)28-19(6,7)8/h9,12H,1,10-11H2,2-8H3. The molecule has 0 fully saturated rings. The van der Waals surface area contributed by atoms with Crippen LogP contribution in [0.3, 0.4) is 0 Å². The Labute approximate surface area is 165 Å². The molecule has 9 heteroatoms. The number of allylic oxidation sites excluding steroid dienone is 1. The molecule has 1 heterocycles. The van der Waals surface area contributed by atoms with Crippen LogP contribution in [-0.4, -0.2) is 45.7 Å². The summed E-state index contributed by atoms with van der Waals surface area (Å²) in [7, 11) is 0. The van der Waals surface area contributed by atoms with Crippen molar-refractivity contribution in [2.24, 2.45) is 0 Å². The molecule has 0 unspecified atom stereocenters.